The van der Waals surface area contributed by atoms with Gasteiger partial charge < -0.3 is 15.5 Å². The number of rotatable bonds is 2. The number of aliphatic carboxylic acids is 1. The largest absolute Gasteiger partial charge is 0.474 e. The molecule has 0 aliphatic carbocycles. The molecule has 0 spiro atoms. The summed E-state index contributed by atoms with van der Waals surface area (Å²) in [5.41, 5.74) is -1.12. The fraction of sp³-hybridized carbons (Fsp3) is 0.714. The van der Waals surface area contributed by atoms with Crippen LogP contribution in [0.2, 0.25) is 0 Å². The highest BCUT2D eigenvalue weighted by molar-refractivity contribution is 6.31. The fourth-order valence-electron chi connectivity index (χ4n) is 0.435. The molecule has 5 heteroatoms. The van der Waals surface area contributed by atoms with E-state index in [1.807, 2.05) is 0 Å². The minimum atomic E-state index is -1.55. The van der Waals surface area contributed by atoms with Gasteiger partial charge in [-0.15, -0.1) is 0 Å². The predicted molar refractivity (Wildman–Crippen MR) is 41.5 cm³/mol. The Hall–Kier alpha value is -1.10. The molecule has 12 heavy (non-hydrogen) atoms. The molecule has 0 rings (SSSR count). The Morgan fingerprint density at radius 3 is 2.08 bits per heavy atom. The average Bonchev–Trinajstić information content (AvgIpc) is 1.85. The molecule has 0 fully saturated rings. The molecule has 0 aromatic carbocycles. The van der Waals surface area contributed by atoms with Gasteiger partial charge in [-0.25, -0.2) is 4.79 Å². The summed E-state index contributed by atoms with van der Waals surface area (Å²) in [5.74, 6) is -2.66. The SMILES string of the molecule is CC(NC(=O)C(=O)O)C(C)(C)O. The topological polar surface area (TPSA) is 86.6 Å². The van der Waals surface area contributed by atoms with Crippen LogP contribution in [0.15, 0.2) is 0 Å². The summed E-state index contributed by atoms with van der Waals surface area (Å²) in [6, 6.07) is -0.596. The van der Waals surface area contributed by atoms with Gasteiger partial charge in [-0.1, -0.05) is 0 Å². The molecule has 5 nitrogen and oxygen atoms in total. The van der Waals surface area contributed by atoms with Gasteiger partial charge in [0, 0.05) is 0 Å². The van der Waals surface area contributed by atoms with Crippen LogP contribution in [0.5, 0.6) is 0 Å². The predicted octanol–water partition coefficient (Wildman–Crippen LogP) is -0.653. The Morgan fingerprint density at radius 1 is 1.42 bits per heavy atom. The van der Waals surface area contributed by atoms with E-state index in [0.29, 0.717) is 0 Å². The molecule has 0 bridgehead atoms. The van der Waals surface area contributed by atoms with Crippen molar-refractivity contribution in [3.05, 3.63) is 0 Å². The summed E-state index contributed by atoms with van der Waals surface area (Å²) in [6.45, 7) is 4.50. The molecule has 0 aromatic heterocycles. The Labute approximate surface area is 70.4 Å². The molecular formula is C7H13NO4. The first-order chi connectivity index (χ1) is 5.25. The molecule has 1 unspecified atom stereocenters. The van der Waals surface area contributed by atoms with Crippen molar-refractivity contribution in [2.24, 2.45) is 0 Å². The molecule has 0 saturated carbocycles. The molecule has 0 aromatic rings. The fourth-order valence-corrected chi connectivity index (χ4v) is 0.435. The maximum atomic E-state index is 10.6. The van der Waals surface area contributed by atoms with Crippen LogP contribution in [0.25, 0.3) is 0 Å². The van der Waals surface area contributed by atoms with Gasteiger partial charge in [0.05, 0.1) is 11.6 Å². The van der Waals surface area contributed by atoms with Crippen LogP contribution in [-0.4, -0.2) is 33.7 Å². The third-order valence-corrected chi connectivity index (χ3v) is 1.60. The zero-order chi connectivity index (χ0) is 9.94. The Balaban J connectivity index is 4.11. The highest BCUT2D eigenvalue weighted by atomic mass is 16.4. The molecule has 70 valence electrons. The molecule has 0 aliphatic heterocycles. The van der Waals surface area contributed by atoms with E-state index in [1.54, 1.807) is 0 Å². The number of carbonyl (C=O) groups is 2. The van der Waals surface area contributed by atoms with E-state index < -0.39 is 23.5 Å². The Bertz CT molecular complexity index is 194. The van der Waals surface area contributed by atoms with Gasteiger partial charge in [-0.05, 0) is 20.8 Å². The molecule has 1 amide bonds. The highest BCUT2D eigenvalue weighted by Gasteiger charge is 2.25. The third kappa shape index (κ3) is 3.34. The molecule has 0 radical (unpaired) electrons. The van der Waals surface area contributed by atoms with Crippen LogP contribution in [-0.2, 0) is 9.59 Å². The molecule has 0 saturated heterocycles. The number of nitrogens with one attached hydrogen (secondary N) is 1. The number of hydrogen-bond acceptors (Lipinski definition) is 3. The first-order valence-electron chi connectivity index (χ1n) is 3.51. The van der Waals surface area contributed by atoms with E-state index >= 15 is 0 Å². The van der Waals surface area contributed by atoms with Crippen LogP contribution in [0, 0.1) is 0 Å². The van der Waals surface area contributed by atoms with Crippen LogP contribution in [0.3, 0.4) is 0 Å². The highest BCUT2D eigenvalue weighted by Crippen LogP contribution is 2.06. The van der Waals surface area contributed by atoms with E-state index in [-0.39, 0.29) is 0 Å². The van der Waals surface area contributed by atoms with Gasteiger partial charge in [0.1, 0.15) is 0 Å². The van der Waals surface area contributed by atoms with Crippen molar-refractivity contribution in [3.8, 4) is 0 Å². The van der Waals surface area contributed by atoms with Crippen molar-refractivity contribution in [2.45, 2.75) is 32.4 Å². The Morgan fingerprint density at radius 2 is 1.83 bits per heavy atom. The van der Waals surface area contributed by atoms with Gasteiger partial charge in [0.25, 0.3) is 0 Å². The van der Waals surface area contributed by atoms with Gasteiger partial charge in [-0.2, -0.15) is 0 Å². The minimum absolute atomic E-state index is 0.596. The summed E-state index contributed by atoms with van der Waals surface area (Å²) >= 11 is 0. The first kappa shape index (κ1) is 10.9. The summed E-state index contributed by atoms with van der Waals surface area (Å²) in [5, 5.41) is 19.6. The molecular weight excluding hydrogens is 162 g/mol. The van der Waals surface area contributed by atoms with Crippen molar-refractivity contribution < 1.29 is 19.8 Å². The maximum Gasteiger partial charge on any atom is 0.394 e. The normalized spacial score (nSPS) is 13.7. The lowest BCUT2D eigenvalue weighted by molar-refractivity contribution is -0.151. The van der Waals surface area contributed by atoms with Crippen molar-refractivity contribution in [1.29, 1.82) is 0 Å². The lowest BCUT2D eigenvalue weighted by atomic mass is 10.0. The van der Waals surface area contributed by atoms with E-state index in [4.69, 9.17) is 5.11 Å². The summed E-state index contributed by atoms with van der Waals surface area (Å²) in [7, 11) is 0. The van der Waals surface area contributed by atoms with Crippen LogP contribution < -0.4 is 5.32 Å². The smallest absolute Gasteiger partial charge is 0.394 e. The van der Waals surface area contributed by atoms with Gasteiger partial charge in [-0.3, -0.25) is 4.79 Å². The molecule has 0 aliphatic rings. The van der Waals surface area contributed by atoms with Crippen LogP contribution >= 0.6 is 0 Å². The van der Waals surface area contributed by atoms with Gasteiger partial charge >= 0.3 is 11.9 Å². The zero-order valence-corrected chi connectivity index (χ0v) is 7.29. The van der Waals surface area contributed by atoms with Crippen LogP contribution in [0.4, 0.5) is 0 Å². The van der Waals surface area contributed by atoms with Crippen LogP contribution in [0.1, 0.15) is 20.8 Å². The second-order valence-electron chi connectivity index (χ2n) is 3.15. The quantitative estimate of drug-likeness (QED) is 0.486. The minimum Gasteiger partial charge on any atom is -0.474 e. The number of amides is 1. The number of carbonyl (C=O) groups excluding carboxylic acids is 1. The molecule has 3 N–H and O–H groups in total. The van der Waals surface area contributed by atoms with E-state index in [2.05, 4.69) is 5.32 Å². The van der Waals surface area contributed by atoms with Crippen molar-refractivity contribution in [1.82, 2.24) is 5.32 Å². The van der Waals surface area contributed by atoms with E-state index in [1.165, 1.54) is 20.8 Å². The molecule has 1 atom stereocenters. The van der Waals surface area contributed by atoms with Crippen molar-refractivity contribution in [3.63, 3.8) is 0 Å². The standard InChI is InChI=1S/C7H13NO4/c1-4(7(2,3)12)8-5(9)6(10)11/h4,12H,1-3H3,(H,8,9)(H,10,11). The van der Waals surface area contributed by atoms with Crippen molar-refractivity contribution >= 4 is 11.9 Å². The lowest BCUT2D eigenvalue weighted by Crippen LogP contribution is -2.49. The number of hydrogen-bond donors (Lipinski definition) is 3. The van der Waals surface area contributed by atoms with Crippen molar-refractivity contribution in [2.75, 3.05) is 0 Å². The Kier molecular flexibility index (Phi) is 3.21. The second-order valence-corrected chi connectivity index (χ2v) is 3.15. The second kappa shape index (κ2) is 3.53. The first-order valence-corrected chi connectivity index (χ1v) is 3.51. The average molecular weight is 175 g/mol. The monoisotopic (exact) mass is 175 g/mol. The maximum absolute atomic E-state index is 10.6. The number of carboxylic acids is 1. The zero-order valence-electron chi connectivity index (χ0n) is 7.29. The summed E-state index contributed by atoms with van der Waals surface area (Å²) < 4.78 is 0. The van der Waals surface area contributed by atoms with E-state index in [0.717, 1.165) is 0 Å². The molecule has 0 heterocycles. The third-order valence-electron chi connectivity index (χ3n) is 1.60. The number of aliphatic hydroxyl groups is 1. The summed E-state index contributed by atoms with van der Waals surface area (Å²) in [4.78, 5) is 20.6. The number of carboxylic acid groups (broad SMARTS) is 1. The summed E-state index contributed by atoms with van der Waals surface area (Å²) in [6.07, 6.45) is 0. The van der Waals surface area contributed by atoms with Gasteiger partial charge in [0.15, 0.2) is 0 Å². The van der Waals surface area contributed by atoms with Gasteiger partial charge in [0.2, 0.25) is 0 Å². The lowest BCUT2D eigenvalue weighted by Gasteiger charge is -2.25. The van der Waals surface area contributed by atoms with E-state index in [9.17, 15) is 14.7 Å².